The molecule has 0 saturated carbocycles. The smallest absolute Gasteiger partial charge is 0.142 e. The molecule has 0 aliphatic heterocycles. The van der Waals surface area contributed by atoms with E-state index in [2.05, 4.69) is 4.98 Å². The Morgan fingerprint density at radius 1 is 1.18 bits per heavy atom. The lowest BCUT2D eigenvalue weighted by molar-refractivity contribution is 0.0542. The molecule has 5 nitrogen and oxygen atoms in total. The number of methoxy groups -OCH3 is 1. The minimum atomic E-state index is 0.377. The number of aryl methyl sites for hydroxylation is 1. The third kappa shape index (κ3) is 5.12. The molecular weight excluding hydrogens is 220 g/mol. The van der Waals surface area contributed by atoms with E-state index < -0.39 is 0 Å². The van der Waals surface area contributed by atoms with Crippen molar-refractivity contribution < 1.29 is 14.2 Å². The summed E-state index contributed by atoms with van der Waals surface area (Å²) in [4.78, 5) is 4.31. The molecule has 0 aliphatic carbocycles. The Hall–Kier alpha value is -1.17. The highest BCUT2D eigenvalue weighted by Crippen LogP contribution is 2.15. The number of nitrogens with zero attached hydrogens (tertiary/aromatic N) is 1. The molecule has 0 aliphatic rings. The molecule has 0 radical (unpaired) electrons. The van der Waals surface area contributed by atoms with E-state index in [1.165, 1.54) is 0 Å². The van der Waals surface area contributed by atoms with Crippen molar-refractivity contribution in [1.82, 2.24) is 4.98 Å². The van der Waals surface area contributed by atoms with Crippen molar-refractivity contribution in [3.63, 3.8) is 0 Å². The van der Waals surface area contributed by atoms with Crippen molar-refractivity contribution in [2.75, 3.05) is 33.5 Å². The van der Waals surface area contributed by atoms with Gasteiger partial charge in [-0.3, -0.25) is 4.98 Å². The molecule has 0 spiro atoms. The van der Waals surface area contributed by atoms with Crippen molar-refractivity contribution in [3.8, 4) is 5.75 Å². The standard InChI is InChI=1S/C12H20N2O3/c1-10-3-4-12(11(9-13)14-10)17-8-7-16-6-5-15-2/h3-4H,5-9,13H2,1-2H3. The molecular formula is C12H20N2O3. The minimum absolute atomic E-state index is 0.377. The van der Waals surface area contributed by atoms with Crippen molar-refractivity contribution in [1.29, 1.82) is 0 Å². The van der Waals surface area contributed by atoms with Crippen molar-refractivity contribution >= 4 is 0 Å². The molecule has 0 unspecified atom stereocenters. The molecule has 17 heavy (non-hydrogen) atoms. The zero-order valence-electron chi connectivity index (χ0n) is 10.4. The first kappa shape index (κ1) is 13.9. The van der Waals surface area contributed by atoms with Crippen LogP contribution < -0.4 is 10.5 Å². The lowest BCUT2D eigenvalue weighted by atomic mass is 10.3. The van der Waals surface area contributed by atoms with Gasteiger partial charge in [0.25, 0.3) is 0 Å². The summed E-state index contributed by atoms with van der Waals surface area (Å²) in [7, 11) is 1.64. The van der Waals surface area contributed by atoms with Gasteiger partial charge >= 0.3 is 0 Å². The molecule has 0 amide bonds. The molecule has 0 atom stereocenters. The Morgan fingerprint density at radius 2 is 1.94 bits per heavy atom. The molecule has 1 aromatic rings. The normalized spacial score (nSPS) is 10.5. The maximum Gasteiger partial charge on any atom is 0.142 e. The Kier molecular flexibility index (Phi) is 6.54. The molecule has 1 aromatic heterocycles. The van der Waals surface area contributed by atoms with E-state index in [0.29, 0.717) is 33.0 Å². The van der Waals surface area contributed by atoms with Crippen LogP contribution in [0.3, 0.4) is 0 Å². The maximum absolute atomic E-state index is 5.60. The molecule has 1 rings (SSSR count). The summed E-state index contributed by atoms with van der Waals surface area (Å²) in [5.74, 6) is 0.730. The van der Waals surface area contributed by atoms with Crippen molar-refractivity contribution in [2.24, 2.45) is 5.73 Å². The number of ether oxygens (including phenoxy) is 3. The van der Waals surface area contributed by atoms with Crippen LogP contribution in [0.1, 0.15) is 11.4 Å². The van der Waals surface area contributed by atoms with Gasteiger partial charge in [0.2, 0.25) is 0 Å². The van der Waals surface area contributed by atoms with Gasteiger partial charge in [-0.15, -0.1) is 0 Å². The maximum atomic E-state index is 5.60. The van der Waals surface area contributed by atoms with Crippen LogP contribution in [0, 0.1) is 6.92 Å². The number of hydrogen-bond donors (Lipinski definition) is 1. The largest absolute Gasteiger partial charge is 0.489 e. The van der Waals surface area contributed by atoms with Crippen LogP contribution in [0.5, 0.6) is 5.75 Å². The van der Waals surface area contributed by atoms with Gasteiger partial charge in [-0.25, -0.2) is 0 Å². The third-order valence-corrected chi connectivity index (χ3v) is 2.18. The van der Waals surface area contributed by atoms with Gasteiger partial charge in [-0.05, 0) is 19.1 Å². The highest BCUT2D eigenvalue weighted by molar-refractivity contribution is 5.29. The summed E-state index contributed by atoms with van der Waals surface area (Å²) in [5.41, 5.74) is 7.32. The summed E-state index contributed by atoms with van der Waals surface area (Å²) in [5, 5.41) is 0. The third-order valence-electron chi connectivity index (χ3n) is 2.18. The van der Waals surface area contributed by atoms with Crippen LogP contribution in [0.25, 0.3) is 0 Å². The van der Waals surface area contributed by atoms with Gasteiger partial charge in [0.15, 0.2) is 0 Å². The predicted octanol–water partition coefficient (Wildman–Crippen LogP) is 0.891. The van der Waals surface area contributed by atoms with Crippen LogP contribution in [0.15, 0.2) is 12.1 Å². The van der Waals surface area contributed by atoms with Crippen LogP contribution in [0.2, 0.25) is 0 Å². The molecule has 1 heterocycles. The summed E-state index contributed by atoms with van der Waals surface area (Å²) in [6.07, 6.45) is 0. The molecule has 0 fully saturated rings. The quantitative estimate of drug-likeness (QED) is 0.684. The van der Waals surface area contributed by atoms with Crippen molar-refractivity contribution in [2.45, 2.75) is 13.5 Å². The Morgan fingerprint density at radius 3 is 2.65 bits per heavy atom. The summed E-state index contributed by atoms with van der Waals surface area (Å²) >= 11 is 0. The average Bonchev–Trinajstić information content (AvgIpc) is 2.35. The Bertz CT molecular complexity index is 332. The van der Waals surface area contributed by atoms with E-state index in [9.17, 15) is 0 Å². The van der Waals surface area contributed by atoms with Crippen LogP contribution >= 0.6 is 0 Å². The van der Waals surface area contributed by atoms with E-state index in [4.69, 9.17) is 19.9 Å². The lowest BCUT2D eigenvalue weighted by Crippen LogP contribution is -2.12. The fourth-order valence-corrected chi connectivity index (χ4v) is 1.33. The second-order valence-electron chi connectivity index (χ2n) is 3.56. The average molecular weight is 240 g/mol. The number of pyridine rings is 1. The van der Waals surface area contributed by atoms with Gasteiger partial charge in [0, 0.05) is 19.3 Å². The van der Waals surface area contributed by atoms with Crippen LogP contribution in [0.4, 0.5) is 0 Å². The predicted molar refractivity (Wildman–Crippen MR) is 65.1 cm³/mol. The van der Waals surface area contributed by atoms with Gasteiger partial charge in [0.05, 0.1) is 25.5 Å². The van der Waals surface area contributed by atoms with Gasteiger partial charge in [-0.1, -0.05) is 0 Å². The summed E-state index contributed by atoms with van der Waals surface area (Å²) in [6.45, 7) is 4.50. The molecule has 0 aromatic carbocycles. The molecule has 5 heteroatoms. The topological polar surface area (TPSA) is 66.6 Å². The van der Waals surface area contributed by atoms with Crippen molar-refractivity contribution in [3.05, 3.63) is 23.5 Å². The van der Waals surface area contributed by atoms with E-state index in [1.807, 2.05) is 19.1 Å². The fourth-order valence-electron chi connectivity index (χ4n) is 1.33. The number of aromatic nitrogens is 1. The SMILES string of the molecule is COCCOCCOc1ccc(C)nc1CN. The van der Waals surface area contributed by atoms with Gasteiger partial charge in [0.1, 0.15) is 12.4 Å². The highest BCUT2D eigenvalue weighted by atomic mass is 16.5. The zero-order valence-corrected chi connectivity index (χ0v) is 10.4. The van der Waals surface area contributed by atoms with Gasteiger partial charge < -0.3 is 19.9 Å². The first-order valence-corrected chi connectivity index (χ1v) is 5.64. The van der Waals surface area contributed by atoms with E-state index in [1.54, 1.807) is 7.11 Å². The van der Waals surface area contributed by atoms with E-state index >= 15 is 0 Å². The molecule has 0 saturated heterocycles. The lowest BCUT2D eigenvalue weighted by Gasteiger charge is -2.10. The Labute approximate surface area is 102 Å². The minimum Gasteiger partial charge on any atom is -0.489 e. The Balaban J connectivity index is 2.31. The first-order chi connectivity index (χ1) is 8.27. The zero-order chi connectivity index (χ0) is 12.5. The number of hydrogen-bond acceptors (Lipinski definition) is 5. The molecule has 0 bridgehead atoms. The molecule has 2 N–H and O–H groups in total. The number of nitrogens with two attached hydrogens (primary N) is 1. The van der Waals surface area contributed by atoms with E-state index in [-0.39, 0.29) is 0 Å². The summed E-state index contributed by atoms with van der Waals surface area (Å²) in [6, 6.07) is 3.79. The second kappa shape index (κ2) is 8.00. The van der Waals surface area contributed by atoms with Gasteiger partial charge in [-0.2, -0.15) is 0 Å². The first-order valence-electron chi connectivity index (χ1n) is 5.64. The number of rotatable bonds is 8. The van der Waals surface area contributed by atoms with Crippen LogP contribution in [-0.4, -0.2) is 38.5 Å². The van der Waals surface area contributed by atoms with Crippen LogP contribution in [-0.2, 0) is 16.0 Å². The van der Waals surface area contributed by atoms with E-state index in [0.717, 1.165) is 17.1 Å². The second-order valence-corrected chi connectivity index (χ2v) is 3.56. The highest BCUT2D eigenvalue weighted by Gasteiger charge is 2.03. The molecule has 96 valence electrons. The fraction of sp³-hybridized carbons (Fsp3) is 0.583. The summed E-state index contributed by atoms with van der Waals surface area (Å²) < 4.78 is 15.7. The monoisotopic (exact) mass is 240 g/mol.